The molecule has 1 saturated carbocycles. The summed E-state index contributed by atoms with van der Waals surface area (Å²) in [6.45, 7) is 2.97. The number of nitrogens with zero attached hydrogens (tertiary/aromatic N) is 1. The second-order valence-corrected chi connectivity index (χ2v) is 4.72. The van der Waals surface area contributed by atoms with Crippen LogP contribution in [0.1, 0.15) is 19.8 Å². The van der Waals surface area contributed by atoms with Gasteiger partial charge in [0.05, 0.1) is 9.95 Å². The predicted octanol–water partition coefficient (Wildman–Crippen LogP) is 2.77. The third-order valence-corrected chi connectivity index (χ3v) is 3.31. The van der Waals surface area contributed by atoms with Crippen molar-refractivity contribution >= 4 is 17.3 Å². The van der Waals surface area contributed by atoms with Gasteiger partial charge in [0.15, 0.2) is 0 Å². The Balaban J connectivity index is 2.04. The zero-order valence-electron chi connectivity index (χ0n) is 10.1. The smallest absolute Gasteiger partial charge is 0.312 e. The van der Waals surface area contributed by atoms with Gasteiger partial charge in [-0.3, -0.25) is 10.1 Å². The average molecular weight is 271 g/mol. The summed E-state index contributed by atoms with van der Waals surface area (Å²) in [6, 6.07) is 5.00. The number of hydrogen-bond donors (Lipinski definition) is 1. The maximum absolute atomic E-state index is 10.9. The summed E-state index contributed by atoms with van der Waals surface area (Å²) in [4.78, 5) is 10.4. The van der Waals surface area contributed by atoms with Gasteiger partial charge in [0, 0.05) is 12.1 Å². The fourth-order valence-electron chi connectivity index (χ4n) is 2.04. The monoisotopic (exact) mass is 270 g/mol. The summed E-state index contributed by atoms with van der Waals surface area (Å²) in [5.74, 6) is 0.184. The fourth-order valence-corrected chi connectivity index (χ4v) is 2.26. The number of nitrogens with one attached hydrogen (secondary N) is 1. The molecule has 0 saturated heterocycles. The summed E-state index contributed by atoms with van der Waals surface area (Å²) < 4.78 is 5.64. The van der Waals surface area contributed by atoms with Crippen LogP contribution in [0, 0.1) is 10.1 Å². The lowest BCUT2D eigenvalue weighted by atomic mass is 9.89. The Morgan fingerprint density at radius 3 is 2.89 bits per heavy atom. The molecule has 0 bridgehead atoms. The van der Waals surface area contributed by atoms with Crippen LogP contribution in [-0.2, 0) is 0 Å². The van der Waals surface area contributed by atoms with E-state index in [9.17, 15) is 10.1 Å². The van der Waals surface area contributed by atoms with Crippen LogP contribution in [0.2, 0.25) is 5.02 Å². The van der Waals surface area contributed by atoms with E-state index in [2.05, 4.69) is 5.32 Å². The number of para-hydroxylation sites is 1. The number of benzene rings is 1. The van der Waals surface area contributed by atoms with Gasteiger partial charge in [0.1, 0.15) is 6.10 Å². The number of rotatable bonds is 5. The van der Waals surface area contributed by atoms with E-state index < -0.39 is 4.92 Å². The number of nitro benzene ring substituents is 1. The molecule has 1 aliphatic carbocycles. The van der Waals surface area contributed by atoms with Gasteiger partial charge < -0.3 is 10.1 Å². The first-order valence-electron chi connectivity index (χ1n) is 5.94. The number of nitro groups is 1. The third-order valence-electron chi connectivity index (χ3n) is 3.02. The minimum Gasteiger partial charge on any atom is -0.482 e. The van der Waals surface area contributed by atoms with Crippen LogP contribution in [0.5, 0.6) is 5.75 Å². The molecule has 1 aromatic carbocycles. The second kappa shape index (κ2) is 5.54. The van der Waals surface area contributed by atoms with Crippen LogP contribution in [-0.4, -0.2) is 23.6 Å². The van der Waals surface area contributed by atoms with Crippen molar-refractivity contribution in [2.45, 2.75) is 31.9 Å². The van der Waals surface area contributed by atoms with E-state index in [1.165, 1.54) is 6.07 Å². The standard InChI is InChI=1S/C12H15ClN2O3/c1-2-14-8-6-9(7-8)18-12-10(13)4-3-5-11(12)15(16)17/h3-5,8-9,14H,2,6-7H2,1H3. The van der Waals surface area contributed by atoms with Gasteiger partial charge in [0.25, 0.3) is 0 Å². The van der Waals surface area contributed by atoms with Crippen LogP contribution in [0.15, 0.2) is 18.2 Å². The highest BCUT2D eigenvalue weighted by atomic mass is 35.5. The molecule has 0 aromatic heterocycles. The summed E-state index contributed by atoms with van der Waals surface area (Å²) in [7, 11) is 0. The molecule has 0 spiro atoms. The summed E-state index contributed by atoms with van der Waals surface area (Å²) in [5, 5.41) is 14.5. The average Bonchev–Trinajstić information content (AvgIpc) is 2.28. The van der Waals surface area contributed by atoms with Crippen LogP contribution < -0.4 is 10.1 Å². The minimum absolute atomic E-state index is 0.00708. The number of ether oxygens (including phenoxy) is 1. The van der Waals surface area contributed by atoms with Gasteiger partial charge in [-0.05, 0) is 25.5 Å². The number of hydrogen-bond acceptors (Lipinski definition) is 4. The molecular weight excluding hydrogens is 256 g/mol. The maximum Gasteiger partial charge on any atom is 0.312 e. The van der Waals surface area contributed by atoms with E-state index in [0.29, 0.717) is 6.04 Å². The summed E-state index contributed by atoms with van der Waals surface area (Å²) in [6.07, 6.45) is 1.72. The normalized spacial score (nSPS) is 22.3. The molecule has 2 rings (SSSR count). The van der Waals surface area contributed by atoms with Crippen molar-refractivity contribution in [3.63, 3.8) is 0 Å². The van der Waals surface area contributed by atoms with E-state index in [0.717, 1.165) is 19.4 Å². The van der Waals surface area contributed by atoms with Crippen molar-refractivity contribution in [1.29, 1.82) is 0 Å². The molecule has 0 radical (unpaired) electrons. The van der Waals surface area contributed by atoms with Gasteiger partial charge in [-0.2, -0.15) is 0 Å². The van der Waals surface area contributed by atoms with Gasteiger partial charge in [-0.25, -0.2) is 0 Å². The van der Waals surface area contributed by atoms with E-state index in [1.54, 1.807) is 12.1 Å². The first-order chi connectivity index (χ1) is 8.61. The maximum atomic E-state index is 10.9. The fraction of sp³-hybridized carbons (Fsp3) is 0.500. The second-order valence-electron chi connectivity index (χ2n) is 4.31. The lowest BCUT2D eigenvalue weighted by Crippen LogP contribution is -2.46. The molecule has 0 amide bonds. The highest BCUT2D eigenvalue weighted by molar-refractivity contribution is 6.32. The Bertz CT molecular complexity index is 447. The number of halogens is 1. The Morgan fingerprint density at radius 2 is 2.28 bits per heavy atom. The van der Waals surface area contributed by atoms with Crippen molar-refractivity contribution < 1.29 is 9.66 Å². The Labute approximate surface area is 110 Å². The van der Waals surface area contributed by atoms with Gasteiger partial charge in [-0.1, -0.05) is 24.6 Å². The molecule has 98 valence electrons. The molecule has 1 N–H and O–H groups in total. The Kier molecular flexibility index (Phi) is 4.04. The largest absolute Gasteiger partial charge is 0.482 e. The lowest BCUT2D eigenvalue weighted by Gasteiger charge is -2.35. The van der Waals surface area contributed by atoms with Gasteiger partial charge in [-0.15, -0.1) is 0 Å². The molecule has 1 aliphatic rings. The molecule has 18 heavy (non-hydrogen) atoms. The molecule has 1 fully saturated rings. The van der Waals surface area contributed by atoms with E-state index in [1.807, 2.05) is 6.92 Å². The van der Waals surface area contributed by atoms with Crippen LogP contribution in [0.3, 0.4) is 0 Å². The topological polar surface area (TPSA) is 64.4 Å². The molecule has 0 aliphatic heterocycles. The Morgan fingerprint density at radius 1 is 1.56 bits per heavy atom. The van der Waals surface area contributed by atoms with Crippen molar-refractivity contribution in [1.82, 2.24) is 5.32 Å². The molecule has 5 nitrogen and oxygen atoms in total. The summed E-state index contributed by atoms with van der Waals surface area (Å²) in [5.41, 5.74) is -0.0746. The lowest BCUT2D eigenvalue weighted by molar-refractivity contribution is -0.386. The van der Waals surface area contributed by atoms with Crippen LogP contribution >= 0.6 is 11.6 Å². The van der Waals surface area contributed by atoms with Crippen molar-refractivity contribution in [2.24, 2.45) is 0 Å². The van der Waals surface area contributed by atoms with Crippen molar-refractivity contribution in [3.8, 4) is 5.75 Å². The van der Waals surface area contributed by atoms with E-state index >= 15 is 0 Å². The van der Waals surface area contributed by atoms with Gasteiger partial charge >= 0.3 is 5.69 Å². The zero-order chi connectivity index (χ0) is 13.1. The SMILES string of the molecule is CCNC1CC(Oc2c(Cl)cccc2[N+](=O)[O-])C1. The predicted molar refractivity (Wildman–Crippen MR) is 69.2 cm³/mol. The van der Waals surface area contributed by atoms with Crippen molar-refractivity contribution in [3.05, 3.63) is 33.3 Å². The van der Waals surface area contributed by atoms with Crippen LogP contribution in [0.25, 0.3) is 0 Å². The summed E-state index contributed by atoms with van der Waals surface area (Å²) >= 11 is 5.95. The first kappa shape index (κ1) is 13.1. The minimum atomic E-state index is -0.471. The highest BCUT2D eigenvalue weighted by Gasteiger charge is 2.32. The van der Waals surface area contributed by atoms with E-state index in [4.69, 9.17) is 16.3 Å². The molecule has 0 atom stereocenters. The van der Waals surface area contributed by atoms with Crippen molar-refractivity contribution in [2.75, 3.05) is 6.54 Å². The Hall–Kier alpha value is -1.33. The molecular formula is C12H15ClN2O3. The molecule has 0 unspecified atom stereocenters. The first-order valence-corrected chi connectivity index (χ1v) is 6.32. The molecule has 6 heteroatoms. The molecule has 0 heterocycles. The van der Waals surface area contributed by atoms with Crippen LogP contribution in [0.4, 0.5) is 5.69 Å². The third kappa shape index (κ3) is 2.73. The molecule has 1 aromatic rings. The quantitative estimate of drug-likeness (QED) is 0.660. The highest BCUT2D eigenvalue weighted by Crippen LogP contribution is 2.37. The van der Waals surface area contributed by atoms with Gasteiger partial charge in [0.2, 0.25) is 5.75 Å². The zero-order valence-corrected chi connectivity index (χ0v) is 10.8. The van der Waals surface area contributed by atoms with E-state index in [-0.39, 0.29) is 22.6 Å².